The van der Waals surface area contributed by atoms with Crippen LogP contribution in [0.2, 0.25) is 0 Å². The molecule has 0 aliphatic carbocycles. The minimum Gasteiger partial charge on any atom is -0.466 e. The van der Waals surface area contributed by atoms with Gasteiger partial charge in [0.2, 0.25) is 5.91 Å². The first-order valence-electron chi connectivity index (χ1n) is 5.08. The van der Waals surface area contributed by atoms with Crippen LogP contribution >= 0.6 is 0 Å². The van der Waals surface area contributed by atoms with E-state index in [0.717, 1.165) is 17.9 Å². The smallest absolute Gasteiger partial charge is 0.223 e. The summed E-state index contributed by atoms with van der Waals surface area (Å²) in [6.07, 6.45) is 0.905. The Morgan fingerprint density at radius 1 is 1.57 bits per heavy atom. The number of aryl methyl sites for hydroxylation is 1. The molecule has 1 N–H and O–H groups in total. The number of hydrogen-bond acceptors (Lipinski definition) is 2. The number of hydrogen-bond donors (Lipinski definition) is 1. The van der Waals surface area contributed by atoms with E-state index >= 15 is 0 Å². The number of carbonyl (C=O) groups excluding carboxylic acids is 1. The van der Waals surface area contributed by atoms with Crippen LogP contribution in [0.25, 0.3) is 0 Å². The largest absolute Gasteiger partial charge is 0.466 e. The van der Waals surface area contributed by atoms with E-state index in [-0.39, 0.29) is 17.7 Å². The normalized spacial score (nSPS) is 26.6. The van der Waals surface area contributed by atoms with Gasteiger partial charge >= 0.3 is 0 Å². The summed E-state index contributed by atoms with van der Waals surface area (Å²) in [5, 5.41) is 2.85. The molecule has 1 amide bonds. The maximum Gasteiger partial charge on any atom is 0.223 e. The fraction of sp³-hybridized carbons (Fsp3) is 0.545. The minimum absolute atomic E-state index is 0.0332. The summed E-state index contributed by atoms with van der Waals surface area (Å²) in [5.74, 6) is 2.30. The van der Waals surface area contributed by atoms with Crippen LogP contribution in [0.1, 0.15) is 31.3 Å². The highest BCUT2D eigenvalue weighted by Gasteiger charge is 2.33. The van der Waals surface area contributed by atoms with Gasteiger partial charge in [-0.1, -0.05) is 13.8 Å². The average Bonchev–Trinajstić information content (AvgIpc) is 2.75. The van der Waals surface area contributed by atoms with Gasteiger partial charge in [0.15, 0.2) is 0 Å². The molecule has 1 aromatic rings. The molecular formula is C11H15NO2. The van der Waals surface area contributed by atoms with Crippen LogP contribution < -0.4 is 5.32 Å². The van der Waals surface area contributed by atoms with Crippen molar-refractivity contribution in [2.75, 3.05) is 6.54 Å². The molecule has 2 heterocycles. The number of amides is 1. The highest BCUT2D eigenvalue weighted by atomic mass is 16.3. The molecule has 0 aromatic carbocycles. The summed E-state index contributed by atoms with van der Waals surface area (Å²) in [4.78, 5) is 11.3. The molecule has 2 atom stereocenters. The zero-order chi connectivity index (χ0) is 10.1. The van der Waals surface area contributed by atoms with Crippen LogP contribution in [0.15, 0.2) is 16.5 Å². The summed E-state index contributed by atoms with van der Waals surface area (Å²) >= 11 is 0. The van der Waals surface area contributed by atoms with Crippen LogP contribution in [0.5, 0.6) is 0 Å². The first-order chi connectivity index (χ1) is 6.72. The Balaban J connectivity index is 2.19. The fourth-order valence-electron chi connectivity index (χ4n) is 1.86. The Hall–Kier alpha value is -1.25. The molecule has 0 radical (unpaired) electrons. The topological polar surface area (TPSA) is 42.2 Å². The van der Waals surface area contributed by atoms with E-state index in [1.54, 1.807) is 0 Å². The molecule has 1 aliphatic heterocycles. The predicted molar refractivity (Wildman–Crippen MR) is 53.0 cm³/mol. The van der Waals surface area contributed by atoms with Gasteiger partial charge in [0.1, 0.15) is 11.5 Å². The van der Waals surface area contributed by atoms with Gasteiger partial charge in [0.05, 0.1) is 0 Å². The van der Waals surface area contributed by atoms with Crippen molar-refractivity contribution in [3.05, 3.63) is 23.7 Å². The van der Waals surface area contributed by atoms with Crippen molar-refractivity contribution >= 4 is 5.91 Å². The summed E-state index contributed by atoms with van der Waals surface area (Å²) in [7, 11) is 0. The van der Waals surface area contributed by atoms with Gasteiger partial charge in [-0.15, -0.1) is 0 Å². The van der Waals surface area contributed by atoms with E-state index in [0.29, 0.717) is 6.54 Å². The molecule has 14 heavy (non-hydrogen) atoms. The monoisotopic (exact) mass is 193 g/mol. The SMILES string of the molecule is CCc1ccc(C2CNC(=O)C2C)o1. The van der Waals surface area contributed by atoms with E-state index in [9.17, 15) is 4.79 Å². The van der Waals surface area contributed by atoms with Crippen molar-refractivity contribution < 1.29 is 9.21 Å². The molecule has 1 aliphatic rings. The molecule has 0 spiro atoms. The maximum atomic E-state index is 11.3. The van der Waals surface area contributed by atoms with Gasteiger partial charge in [0, 0.05) is 24.8 Å². The Morgan fingerprint density at radius 2 is 2.36 bits per heavy atom. The third kappa shape index (κ3) is 1.43. The van der Waals surface area contributed by atoms with Gasteiger partial charge in [0.25, 0.3) is 0 Å². The van der Waals surface area contributed by atoms with Gasteiger partial charge in [-0.05, 0) is 12.1 Å². The van der Waals surface area contributed by atoms with Gasteiger partial charge in [-0.2, -0.15) is 0 Å². The van der Waals surface area contributed by atoms with Crippen molar-refractivity contribution in [3.63, 3.8) is 0 Å². The quantitative estimate of drug-likeness (QED) is 0.776. The highest BCUT2D eigenvalue weighted by Crippen LogP contribution is 2.29. The van der Waals surface area contributed by atoms with Crippen LogP contribution in [-0.4, -0.2) is 12.5 Å². The second kappa shape index (κ2) is 3.48. The van der Waals surface area contributed by atoms with E-state index in [1.807, 2.05) is 19.1 Å². The second-order valence-electron chi connectivity index (χ2n) is 3.80. The first-order valence-corrected chi connectivity index (χ1v) is 5.08. The molecule has 1 aromatic heterocycles. The molecule has 3 nitrogen and oxygen atoms in total. The fourth-order valence-corrected chi connectivity index (χ4v) is 1.86. The van der Waals surface area contributed by atoms with Crippen LogP contribution in [0, 0.1) is 5.92 Å². The Kier molecular flexibility index (Phi) is 2.32. The molecular weight excluding hydrogens is 178 g/mol. The maximum absolute atomic E-state index is 11.3. The van der Waals surface area contributed by atoms with Crippen LogP contribution in [0.3, 0.4) is 0 Å². The molecule has 2 unspecified atom stereocenters. The molecule has 1 fully saturated rings. The molecule has 0 saturated carbocycles. The van der Waals surface area contributed by atoms with E-state index in [2.05, 4.69) is 12.2 Å². The minimum atomic E-state index is 0.0332. The molecule has 2 rings (SSSR count). The molecule has 0 bridgehead atoms. The Labute approximate surface area is 83.5 Å². The third-order valence-corrected chi connectivity index (χ3v) is 2.91. The average molecular weight is 193 g/mol. The Morgan fingerprint density at radius 3 is 2.86 bits per heavy atom. The van der Waals surface area contributed by atoms with Crippen molar-refractivity contribution in [1.29, 1.82) is 0 Å². The third-order valence-electron chi connectivity index (χ3n) is 2.91. The van der Waals surface area contributed by atoms with E-state index < -0.39 is 0 Å². The van der Waals surface area contributed by atoms with Crippen LogP contribution in [0.4, 0.5) is 0 Å². The van der Waals surface area contributed by atoms with Crippen molar-refractivity contribution in [3.8, 4) is 0 Å². The molecule has 3 heteroatoms. The van der Waals surface area contributed by atoms with Crippen LogP contribution in [-0.2, 0) is 11.2 Å². The molecule has 1 saturated heterocycles. The summed E-state index contributed by atoms with van der Waals surface area (Å²) in [6.45, 7) is 4.71. The predicted octanol–water partition coefficient (Wildman–Crippen LogP) is 1.69. The number of nitrogens with one attached hydrogen (secondary N) is 1. The summed E-state index contributed by atoms with van der Waals surface area (Å²) < 4.78 is 5.64. The number of carbonyl (C=O) groups is 1. The van der Waals surface area contributed by atoms with Crippen molar-refractivity contribution in [2.45, 2.75) is 26.2 Å². The number of rotatable bonds is 2. The lowest BCUT2D eigenvalue weighted by atomic mass is 9.95. The Bertz CT molecular complexity index is 343. The second-order valence-corrected chi connectivity index (χ2v) is 3.80. The van der Waals surface area contributed by atoms with Gasteiger partial charge in [-0.3, -0.25) is 4.79 Å². The van der Waals surface area contributed by atoms with E-state index in [1.165, 1.54) is 0 Å². The summed E-state index contributed by atoms with van der Waals surface area (Å²) in [6, 6.07) is 3.98. The lowest BCUT2D eigenvalue weighted by Crippen LogP contribution is -2.16. The molecule has 76 valence electrons. The van der Waals surface area contributed by atoms with Gasteiger partial charge < -0.3 is 9.73 Å². The summed E-state index contributed by atoms with van der Waals surface area (Å²) in [5.41, 5.74) is 0. The standard InChI is InChI=1S/C11H15NO2/c1-3-8-4-5-10(14-8)9-6-12-11(13)7(9)2/h4-5,7,9H,3,6H2,1-2H3,(H,12,13). The lowest BCUT2D eigenvalue weighted by molar-refractivity contribution is -0.122. The number of furan rings is 1. The lowest BCUT2D eigenvalue weighted by Gasteiger charge is -2.08. The van der Waals surface area contributed by atoms with E-state index in [4.69, 9.17) is 4.42 Å². The van der Waals surface area contributed by atoms with Crippen molar-refractivity contribution in [1.82, 2.24) is 5.32 Å². The highest BCUT2D eigenvalue weighted by molar-refractivity contribution is 5.81. The first kappa shape index (κ1) is 9.31. The van der Waals surface area contributed by atoms with Gasteiger partial charge in [-0.25, -0.2) is 0 Å². The van der Waals surface area contributed by atoms with Crippen molar-refractivity contribution in [2.24, 2.45) is 5.92 Å². The zero-order valence-electron chi connectivity index (χ0n) is 8.54. The zero-order valence-corrected chi connectivity index (χ0v) is 8.54.